The second-order valence-corrected chi connectivity index (χ2v) is 4.45. The number of aromatic nitrogens is 2. The van der Waals surface area contributed by atoms with Crippen LogP contribution < -0.4 is 10.5 Å². The zero-order chi connectivity index (χ0) is 13.9. The molecular formula is C15H14FN3O. The lowest BCUT2D eigenvalue weighted by Gasteiger charge is -2.07. The molecular weight excluding hydrogens is 257 g/mol. The van der Waals surface area contributed by atoms with E-state index in [0.717, 1.165) is 16.9 Å². The number of nitrogens with two attached hydrogens (primary N) is 1. The van der Waals surface area contributed by atoms with Crippen LogP contribution in [-0.2, 0) is 13.2 Å². The summed E-state index contributed by atoms with van der Waals surface area (Å²) in [6, 6.07) is 9.97. The van der Waals surface area contributed by atoms with Crippen LogP contribution in [0.3, 0.4) is 0 Å². The lowest BCUT2D eigenvalue weighted by molar-refractivity contribution is 0.308. The highest BCUT2D eigenvalue weighted by Crippen LogP contribution is 2.20. The van der Waals surface area contributed by atoms with Crippen LogP contribution in [0.15, 0.2) is 48.8 Å². The van der Waals surface area contributed by atoms with Crippen molar-refractivity contribution < 1.29 is 9.13 Å². The minimum Gasteiger partial charge on any atom is -0.485 e. The maximum Gasteiger partial charge on any atom is 0.179 e. The van der Waals surface area contributed by atoms with E-state index < -0.39 is 0 Å². The molecule has 102 valence electrons. The first-order valence-corrected chi connectivity index (χ1v) is 6.30. The second-order valence-electron chi connectivity index (χ2n) is 4.45. The number of ether oxygens (including phenoxy) is 1. The molecule has 0 amide bonds. The van der Waals surface area contributed by atoms with Crippen molar-refractivity contribution in [1.29, 1.82) is 0 Å². The van der Waals surface area contributed by atoms with E-state index in [9.17, 15) is 4.39 Å². The standard InChI is InChI=1S/C15H14FN3O/c16-12-5-3-11(4-6-12)10-20-14-2-1-7-19-9-13(8-17)18-15(14)19/h1-7,9H,8,10,17H2. The first-order chi connectivity index (χ1) is 9.76. The lowest BCUT2D eigenvalue weighted by Crippen LogP contribution is -1.98. The van der Waals surface area contributed by atoms with Gasteiger partial charge in [-0.1, -0.05) is 12.1 Å². The largest absolute Gasteiger partial charge is 0.485 e. The molecule has 0 aliphatic heterocycles. The van der Waals surface area contributed by atoms with E-state index in [2.05, 4.69) is 4.98 Å². The second kappa shape index (κ2) is 5.30. The third kappa shape index (κ3) is 2.48. The van der Waals surface area contributed by atoms with E-state index in [0.29, 0.717) is 18.9 Å². The Labute approximate surface area is 115 Å². The Hall–Kier alpha value is -2.40. The Morgan fingerprint density at radius 3 is 2.75 bits per heavy atom. The van der Waals surface area contributed by atoms with Crippen LogP contribution in [-0.4, -0.2) is 9.38 Å². The molecule has 3 aromatic rings. The number of nitrogens with zero attached hydrogens (tertiary/aromatic N) is 2. The molecule has 0 aliphatic carbocycles. The van der Waals surface area contributed by atoms with Crippen molar-refractivity contribution in [2.45, 2.75) is 13.2 Å². The number of hydrogen-bond donors (Lipinski definition) is 1. The lowest BCUT2D eigenvalue weighted by atomic mass is 10.2. The molecule has 0 aliphatic rings. The Bertz CT molecular complexity index is 722. The number of halogens is 1. The van der Waals surface area contributed by atoms with Crippen LogP contribution in [0.25, 0.3) is 5.65 Å². The summed E-state index contributed by atoms with van der Waals surface area (Å²) in [4.78, 5) is 4.41. The summed E-state index contributed by atoms with van der Waals surface area (Å²) < 4.78 is 20.5. The average molecular weight is 271 g/mol. The summed E-state index contributed by atoms with van der Waals surface area (Å²) in [5.41, 5.74) is 8.03. The van der Waals surface area contributed by atoms with E-state index in [1.54, 1.807) is 12.1 Å². The molecule has 2 heterocycles. The maximum atomic E-state index is 12.8. The van der Waals surface area contributed by atoms with Crippen LogP contribution in [0.5, 0.6) is 5.75 Å². The molecule has 3 rings (SSSR count). The highest BCUT2D eigenvalue weighted by Gasteiger charge is 2.06. The number of fused-ring (bicyclic) bond motifs is 1. The fraction of sp³-hybridized carbons (Fsp3) is 0.133. The molecule has 4 nitrogen and oxygen atoms in total. The fourth-order valence-electron chi connectivity index (χ4n) is 1.99. The summed E-state index contributed by atoms with van der Waals surface area (Å²) in [5, 5.41) is 0. The summed E-state index contributed by atoms with van der Waals surface area (Å²) >= 11 is 0. The van der Waals surface area contributed by atoms with E-state index >= 15 is 0 Å². The third-order valence-electron chi connectivity index (χ3n) is 3.01. The van der Waals surface area contributed by atoms with Gasteiger partial charge in [0.2, 0.25) is 0 Å². The van der Waals surface area contributed by atoms with E-state index in [-0.39, 0.29) is 5.82 Å². The van der Waals surface area contributed by atoms with Crippen molar-refractivity contribution in [3.8, 4) is 5.75 Å². The van der Waals surface area contributed by atoms with Gasteiger partial charge in [0.05, 0.1) is 5.69 Å². The molecule has 2 aromatic heterocycles. The zero-order valence-corrected chi connectivity index (χ0v) is 10.8. The van der Waals surface area contributed by atoms with Crippen LogP contribution >= 0.6 is 0 Å². The van der Waals surface area contributed by atoms with Crippen LogP contribution in [0.1, 0.15) is 11.3 Å². The smallest absolute Gasteiger partial charge is 0.179 e. The predicted octanol–water partition coefficient (Wildman–Crippen LogP) is 2.51. The van der Waals surface area contributed by atoms with Gasteiger partial charge in [0.1, 0.15) is 12.4 Å². The highest BCUT2D eigenvalue weighted by molar-refractivity contribution is 5.54. The molecule has 0 saturated carbocycles. The monoisotopic (exact) mass is 271 g/mol. The van der Waals surface area contributed by atoms with Crippen LogP contribution in [0.2, 0.25) is 0 Å². The van der Waals surface area contributed by atoms with Crippen LogP contribution in [0.4, 0.5) is 4.39 Å². The molecule has 0 bridgehead atoms. The Morgan fingerprint density at radius 2 is 2.00 bits per heavy atom. The van der Waals surface area contributed by atoms with E-state index in [1.165, 1.54) is 12.1 Å². The van der Waals surface area contributed by atoms with Gasteiger partial charge >= 0.3 is 0 Å². The van der Waals surface area contributed by atoms with E-state index in [1.807, 2.05) is 28.9 Å². The van der Waals surface area contributed by atoms with Crippen molar-refractivity contribution in [1.82, 2.24) is 9.38 Å². The zero-order valence-electron chi connectivity index (χ0n) is 10.8. The number of imidazole rings is 1. The Balaban J connectivity index is 1.83. The molecule has 5 heteroatoms. The van der Waals surface area contributed by atoms with Crippen molar-refractivity contribution in [3.05, 3.63) is 65.9 Å². The molecule has 0 spiro atoms. The number of pyridine rings is 1. The molecule has 20 heavy (non-hydrogen) atoms. The quantitative estimate of drug-likeness (QED) is 0.793. The molecule has 2 N–H and O–H groups in total. The Morgan fingerprint density at radius 1 is 1.20 bits per heavy atom. The maximum absolute atomic E-state index is 12.8. The highest BCUT2D eigenvalue weighted by atomic mass is 19.1. The van der Waals surface area contributed by atoms with Gasteiger partial charge in [-0.3, -0.25) is 0 Å². The van der Waals surface area contributed by atoms with Crippen molar-refractivity contribution in [2.24, 2.45) is 5.73 Å². The SMILES string of the molecule is NCc1cn2cccc(OCc3ccc(F)cc3)c2n1. The molecule has 0 fully saturated rings. The summed E-state index contributed by atoms with van der Waals surface area (Å²) in [5.74, 6) is 0.424. The van der Waals surface area contributed by atoms with Gasteiger partial charge in [0.15, 0.2) is 11.4 Å². The number of hydrogen-bond acceptors (Lipinski definition) is 3. The summed E-state index contributed by atoms with van der Waals surface area (Å²) in [7, 11) is 0. The minimum atomic E-state index is -0.253. The van der Waals surface area contributed by atoms with Gasteiger partial charge in [0.25, 0.3) is 0 Å². The van der Waals surface area contributed by atoms with Gasteiger partial charge in [0, 0.05) is 18.9 Å². The predicted molar refractivity (Wildman–Crippen MR) is 73.8 cm³/mol. The van der Waals surface area contributed by atoms with Crippen molar-refractivity contribution in [2.75, 3.05) is 0 Å². The summed E-state index contributed by atoms with van der Waals surface area (Å²) in [6.07, 6.45) is 3.77. The number of rotatable bonds is 4. The number of benzene rings is 1. The molecule has 0 saturated heterocycles. The normalized spacial score (nSPS) is 10.9. The fourth-order valence-corrected chi connectivity index (χ4v) is 1.99. The topological polar surface area (TPSA) is 52.5 Å². The third-order valence-corrected chi connectivity index (χ3v) is 3.01. The Kier molecular flexibility index (Phi) is 3.35. The van der Waals surface area contributed by atoms with Gasteiger partial charge in [-0.15, -0.1) is 0 Å². The molecule has 1 aromatic carbocycles. The van der Waals surface area contributed by atoms with Gasteiger partial charge in [-0.2, -0.15) is 0 Å². The summed E-state index contributed by atoms with van der Waals surface area (Å²) in [6.45, 7) is 0.754. The first kappa shape index (κ1) is 12.6. The average Bonchev–Trinajstić information content (AvgIpc) is 2.90. The van der Waals surface area contributed by atoms with Gasteiger partial charge in [-0.05, 0) is 29.8 Å². The molecule has 0 atom stereocenters. The van der Waals surface area contributed by atoms with Crippen molar-refractivity contribution in [3.63, 3.8) is 0 Å². The molecule has 0 unspecified atom stereocenters. The van der Waals surface area contributed by atoms with Crippen LogP contribution in [0, 0.1) is 5.82 Å². The molecule has 0 radical (unpaired) electrons. The first-order valence-electron chi connectivity index (χ1n) is 6.30. The van der Waals surface area contributed by atoms with E-state index in [4.69, 9.17) is 10.5 Å². The minimum absolute atomic E-state index is 0.253. The van der Waals surface area contributed by atoms with Gasteiger partial charge in [-0.25, -0.2) is 9.37 Å². The van der Waals surface area contributed by atoms with Crippen molar-refractivity contribution >= 4 is 5.65 Å². The van der Waals surface area contributed by atoms with Gasteiger partial charge < -0.3 is 14.9 Å².